The predicted octanol–water partition coefficient (Wildman–Crippen LogP) is 4.69. The van der Waals surface area contributed by atoms with Gasteiger partial charge in [-0.2, -0.15) is 13.2 Å². The minimum atomic E-state index is -4.56. The number of likely N-dealkylation sites (N-methyl/N-ethyl adjacent to an activating group) is 1. The number of halogens is 3. The highest BCUT2D eigenvalue weighted by atomic mass is 32.2. The minimum Gasteiger partial charge on any atom is -0.394 e. The summed E-state index contributed by atoms with van der Waals surface area (Å²) in [4.78, 5) is 10.8. The molecule has 0 amide bonds. The largest absolute Gasteiger partial charge is 0.417 e. The summed E-state index contributed by atoms with van der Waals surface area (Å²) in [7, 11) is -2.01. The lowest BCUT2D eigenvalue weighted by Gasteiger charge is -2.21. The molecule has 1 aliphatic rings. The Kier molecular flexibility index (Phi) is 5.82. The summed E-state index contributed by atoms with van der Waals surface area (Å²) >= 11 is 1.33. The molecular weight excluding hydrogens is 449 g/mol. The zero-order valence-corrected chi connectivity index (χ0v) is 18.1. The topological polar surface area (TPSA) is 58.6 Å². The van der Waals surface area contributed by atoms with E-state index in [2.05, 4.69) is 4.90 Å². The maximum atomic E-state index is 13.7. The first kappa shape index (κ1) is 21.8. The summed E-state index contributed by atoms with van der Waals surface area (Å²) in [5, 5.41) is 0. The second-order valence-electron chi connectivity index (χ2n) is 7.25. The number of rotatable bonds is 5. The second-order valence-corrected chi connectivity index (χ2v) is 10.0. The molecule has 1 aliphatic heterocycles. The van der Waals surface area contributed by atoms with Gasteiger partial charge < -0.3 is 9.74 Å². The Morgan fingerprint density at radius 2 is 1.84 bits per heavy atom. The fourth-order valence-electron chi connectivity index (χ4n) is 3.40. The van der Waals surface area contributed by atoms with Crippen LogP contribution in [0.5, 0.6) is 5.75 Å². The lowest BCUT2D eigenvalue weighted by atomic mass is 10.0. The van der Waals surface area contributed by atoms with Crippen molar-refractivity contribution >= 4 is 21.4 Å². The van der Waals surface area contributed by atoms with Crippen molar-refractivity contribution in [3.63, 3.8) is 0 Å². The first-order chi connectivity index (χ1) is 14.6. The summed E-state index contributed by atoms with van der Waals surface area (Å²) in [6, 6.07) is 12.6. The summed E-state index contributed by atoms with van der Waals surface area (Å²) in [5.74, 6) is -0.0361. The van der Waals surface area contributed by atoms with Crippen LogP contribution in [0.3, 0.4) is 0 Å². The van der Waals surface area contributed by atoms with Gasteiger partial charge in [-0.15, -0.1) is 11.3 Å². The zero-order valence-electron chi connectivity index (χ0n) is 16.4. The van der Waals surface area contributed by atoms with E-state index in [0.717, 1.165) is 35.5 Å². The number of fused-ring (bicyclic) bond motifs is 1. The van der Waals surface area contributed by atoms with Crippen molar-refractivity contribution in [2.75, 3.05) is 13.6 Å². The van der Waals surface area contributed by atoms with Crippen molar-refractivity contribution < 1.29 is 26.4 Å². The average Bonchev–Trinajstić information content (AvgIpc) is 3.15. The zero-order chi connectivity index (χ0) is 22.2. The molecule has 0 saturated carbocycles. The van der Waals surface area contributed by atoms with Crippen LogP contribution in [-0.4, -0.2) is 26.9 Å². The molecule has 0 spiro atoms. The Balaban J connectivity index is 1.66. The lowest BCUT2D eigenvalue weighted by molar-refractivity contribution is -0.137. The van der Waals surface area contributed by atoms with Crippen molar-refractivity contribution in [3.05, 3.63) is 70.6 Å². The summed E-state index contributed by atoms with van der Waals surface area (Å²) in [6.45, 7) is 1.53. The monoisotopic (exact) mass is 468 g/mol. The number of thiophene rings is 1. The Labute approximate surface area is 182 Å². The Morgan fingerprint density at radius 1 is 1.10 bits per heavy atom. The van der Waals surface area contributed by atoms with Gasteiger partial charge in [0, 0.05) is 28.4 Å². The van der Waals surface area contributed by atoms with Gasteiger partial charge in [-0.1, -0.05) is 18.2 Å². The molecule has 5 nitrogen and oxygen atoms in total. The van der Waals surface area contributed by atoms with Crippen LogP contribution in [0.1, 0.15) is 16.0 Å². The van der Waals surface area contributed by atoms with E-state index in [4.69, 9.17) is 4.84 Å². The van der Waals surface area contributed by atoms with Crippen LogP contribution >= 0.6 is 11.3 Å². The standard InChI is InChI=1S/C21H19F3N2O3S2/c1-26-10-9-19-14(13-26)11-20(30-19)17-12-15(7-8-18(17)21(22,23)24)29-25-31(27,28)16-5-3-2-4-6-16/h2-8,11-12,25H,9-10,13H2,1H3. The van der Waals surface area contributed by atoms with Crippen molar-refractivity contribution in [1.29, 1.82) is 0 Å². The Hall–Kier alpha value is -2.40. The fraction of sp³-hybridized carbons (Fsp3) is 0.238. The Bertz CT molecular complexity index is 1190. The predicted molar refractivity (Wildman–Crippen MR) is 112 cm³/mol. The van der Waals surface area contributed by atoms with E-state index in [0.29, 0.717) is 11.4 Å². The lowest BCUT2D eigenvalue weighted by Crippen LogP contribution is -2.27. The summed E-state index contributed by atoms with van der Waals surface area (Å²) in [6.07, 6.45) is -3.77. The molecule has 164 valence electrons. The third kappa shape index (κ3) is 4.77. The van der Waals surface area contributed by atoms with Gasteiger partial charge in [0.25, 0.3) is 10.0 Å². The summed E-state index contributed by atoms with van der Waals surface area (Å²) in [5.41, 5.74) is 0.182. The van der Waals surface area contributed by atoms with Gasteiger partial charge in [0.15, 0.2) is 0 Å². The van der Waals surface area contributed by atoms with Crippen LogP contribution in [0.2, 0.25) is 0 Å². The van der Waals surface area contributed by atoms with Gasteiger partial charge in [-0.3, -0.25) is 0 Å². The van der Waals surface area contributed by atoms with Crippen LogP contribution in [0.25, 0.3) is 10.4 Å². The van der Waals surface area contributed by atoms with Crippen LogP contribution in [0, 0.1) is 0 Å². The minimum absolute atomic E-state index is 0.0165. The Morgan fingerprint density at radius 3 is 2.55 bits per heavy atom. The molecule has 0 unspecified atom stereocenters. The summed E-state index contributed by atoms with van der Waals surface area (Å²) < 4.78 is 65.6. The number of sulfonamides is 1. The van der Waals surface area contributed by atoms with Crippen molar-refractivity contribution in [2.45, 2.75) is 24.0 Å². The van der Waals surface area contributed by atoms with E-state index < -0.39 is 21.8 Å². The van der Waals surface area contributed by atoms with Gasteiger partial charge in [0.1, 0.15) is 5.75 Å². The number of alkyl halides is 3. The van der Waals surface area contributed by atoms with Gasteiger partial charge in [-0.25, -0.2) is 8.42 Å². The van der Waals surface area contributed by atoms with Gasteiger partial charge in [0.05, 0.1) is 10.5 Å². The molecule has 0 aliphatic carbocycles. The molecule has 31 heavy (non-hydrogen) atoms. The SMILES string of the molecule is CN1CCc2sc(-c3cc(ONS(=O)(=O)c4ccccc4)ccc3C(F)(F)F)cc2C1. The third-order valence-corrected chi connectivity index (χ3v) is 7.41. The molecule has 4 rings (SSSR count). The molecule has 2 heterocycles. The normalized spacial score (nSPS) is 15.0. The first-order valence-corrected chi connectivity index (χ1v) is 11.7. The van der Waals surface area contributed by atoms with Gasteiger partial charge >= 0.3 is 6.18 Å². The van der Waals surface area contributed by atoms with Gasteiger partial charge in [0.2, 0.25) is 0 Å². The highest BCUT2D eigenvalue weighted by Crippen LogP contribution is 2.43. The molecule has 0 radical (unpaired) electrons. The van der Waals surface area contributed by atoms with E-state index in [-0.39, 0.29) is 16.2 Å². The maximum absolute atomic E-state index is 13.7. The van der Waals surface area contributed by atoms with E-state index in [1.54, 1.807) is 24.3 Å². The molecular formula is C21H19F3N2O3S2. The average molecular weight is 469 g/mol. The number of hydrogen-bond acceptors (Lipinski definition) is 5. The van der Waals surface area contributed by atoms with Crippen molar-refractivity contribution in [3.8, 4) is 16.2 Å². The fourth-order valence-corrected chi connectivity index (χ4v) is 5.41. The van der Waals surface area contributed by atoms with E-state index in [9.17, 15) is 21.6 Å². The smallest absolute Gasteiger partial charge is 0.394 e. The highest BCUT2D eigenvalue weighted by molar-refractivity contribution is 7.89. The second kappa shape index (κ2) is 8.27. The van der Waals surface area contributed by atoms with Crippen LogP contribution in [0.15, 0.2) is 59.5 Å². The molecule has 3 aromatic rings. The quantitative estimate of drug-likeness (QED) is 0.552. The number of benzene rings is 2. The molecule has 0 bridgehead atoms. The third-order valence-electron chi connectivity index (χ3n) is 4.94. The van der Waals surface area contributed by atoms with Crippen LogP contribution < -0.4 is 9.72 Å². The van der Waals surface area contributed by atoms with E-state index in [1.165, 1.54) is 29.5 Å². The highest BCUT2D eigenvalue weighted by Gasteiger charge is 2.35. The van der Waals surface area contributed by atoms with E-state index >= 15 is 0 Å². The molecule has 1 N–H and O–H groups in total. The maximum Gasteiger partial charge on any atom is 0.417 e. The van der Waals surface area contributed by atoms with Crippen LogP contribution in [0.4, 0.5) is 13.2 Å². The molecule has 2 aromatic carbocycles. The number of nitrogens with one attached hydrogen (secondary N) is 1. The van der Waals surface area contributed by atoms with Gasteiger partial charge in [-0.05, 0) is 60.3 Å². The van der Waals surface area contributed by atoms with Crippen molar-refractivity contribution in [2.24, 2.45) is 0 Å². The number of hydrogen-bond donors (Lipinski definition) is 1. The van der Waals surface area contributed by atoms with E-state index in [1.807, 2.05) is 11.9 Å². The molecule has 1 aromatic heterocycles. The molecule has 0 fully saturated rings. The first-order valence-electron chi connectivity index (χ1n) is 9.39. The van der Waals surface area contributed by atoms with Crippen LogP contribution in [-0.2, 0) is 29.2 Å². The molecule has 0 saturated heterocycles. The number of nitrogens with zero attached hydrogens (tertiary/aromatic N) is 1. The molecule has 0 atom stereocenters. The van der Waals surface area contributed by atoms with Crippen molar-refractivity contribution in [1.82, 2.24) is 9.79 Å². The molecule has 10 heteroatoms.